The summed E-state index contributed by atoms with van der Waals surface area (Å²) in [7, 11) is 0. The van der Waals surface area contributed by atoms with Crippen molar-refractivity contribution >= 4 is 5.78 Å². The highest BCUT2D eigenvalue weighted by Crippen LogP contribution is 1.92. The quantitative estimate of drug-likeness (QED) is 0.512. The number of carbonyl (C=O) groups is 1. The van der Waals surface area contributed by atoms with Gasteiger partial charge in [0.15, 0.2) is 5.78 Å². The molecule has 0 heterocycles. The fraction of sp³-hybridized carbons (Fsp3) is 0.100. The molecule has 1 aliphatic carbocycles. The highest BCUT2D eigenvalue weighted by molar-refractivity contribution is 5.90. The fourth-order valence-electron chi connectivity index (χ4n) is 0.750. The predicted octanol–water partition coefficient (Wildman–Crippen LogP) is 2.18. The molecule has 11 heavy (non-hydrogen) atoms. The van der Waals surface area contributed by atoms with E-state index in [-0.39, 0.29) is 5.78 Å². The van der Waals surface area contributed by atoms with Crippen LogP contribution < -0.4 is 0 Å². The monoisotopic (exact) mass is 146 g/mol. The summed E-state index contributed by atoms with van der Waals surface area (Å²) < 4.78 is 0. The Kier molecular flexibility index (Phi) is 3.13. The molecule has 0 N–H and O–H groups in total. The van der Waals surface area contributed by atoms with Crippen molar-refractivity contribution in [1.82, 2.24) is 0 Å². The van der Waals surface area contributed by atoms with Crippen molar-refractivity contribution < 1.29 is 4.79 Å². The van der Waals surface area contributed by atoms with Crippen LogP contribution in [0.25, 0.3) is 0 Å². The van der Waals surface area contributed by atoms with Crippen molar-refractivity contribution in [2.45, 2.75) is 6.42 Å². The first-order valence-electron chi connectivity index (χ1n) is 3.59. The van der Waals surface area contributed by atoms with Gasteiger partial charge in [0.2, 0.25) is 0 Å². The first-order chi connectivity index (χ1) is 5.39. The zero-order valence-corrected chi connectivity index (χ0v) is 6.23. The molecule has 0 atom stereocenters. The van der Waals surface area contributed by atoms with E-state index in [9.17, 15) is 4.79 Å². The smallest absolute Gasteiger partial charge is 0.159 e. The Balaban J connectivity index is 2.69. The Labute approximate surface area is 66.4 Å². The molecular formula is C10H10O. The molecule has 0 spiro atoms. The average Bonchev–Trinajstić information content (AvgIpc) is 2.03. The van der Waals surface area contributed by atoms with Gasteiger partial charge in [-0.1, -0.05) is 42.5 Å². The number of ketones is 1. The number of hydrogen-bond donors (Lipinski definition) is 0. The molecule has 0 aromatic carbocycles. The van der Waals surface area contributed by atoms with E-state index in [0.717, 1.165) is 0 Å². The van der Waals surface area contributed by atoms with Gasteiger partial charge in [0, 0.05) is 6.42 Å². The molecule has 1 nitrogen and oxygen atoms in total. The molecule has 1 heteroatoms. The number of hydrogen-bond acceptors (Lipinski definition) is 1. The normalized spacial score (nSPS) is 28.9. The lowest BCUT2D eigenvalue weighted by Crippen LogP contribution is -1.87. The summed E-state index contributed by atoms with van der Waals surface area (Å²) in [6.07, 6.45) is 15.1. The molecule has 0 bridgehead atoms. The standard InChI is InChI=1S/C10H10O/c11-10-8-6-4-2-1-3-5-7-9-10/h1-8H,9H2/b3-1-,4-2-,7-5-,8-6-. The van der Waals surface area contributed by atoms with Crippen LogP contribution in [0.2, 0.25) is 0 Å². The van der Waals surface area contributed by atoms with Gasteiger partial charge >= 0.3 is 0 Å². The Bertz CT molecular complexity index is 242. The van der Waals surface area contributed by atoms with Crippen LogP contribution in [0.4, 0.5) is 0 Å². The van der Waals surface area contributed by atoms with E-state index in [2.05, 4.69) is 0 Å². The Morgan fingerprint density at radius 1 is 0.909 bits per heavy atom. The van der Waals surface area contributed by atoms with Crippen molar-refractivity contribution in [3.05, 3.63) is 48.6 Å². The van der Waals surface area contributed by atoms with E-state index in [1.165, 1.54) is 0 Å². The topological polar surface area (TPSA) is 17.1 Å². The van der Waals surface area contributed by atoms with Gasteiger partial charge in [-0.05, 0) is 6.08 Å². The van der Waals surface area contributed by atoms with Crippen LogP contribution in [0.5, 0.6) is 0 Å². The van der Waals surface area contributed by atoms with Gasteiger partial charge in [-0.3, -0.25) is 4.79 Å². The Hall–Kier alpha value is -1.37. The minimum absolute atomic E-state index is 0.140. The number of carbonyl (C=O) groups excluding carboxylic acids is 1. The zero-order valence-electron chi connectivity index (χ0n) is 6.23. The third-order valence-electron chi connectivity index (χ3n) is 1.29. The van der Waals surface area contributed by atoms with Gasteiger partial charge in [-0.2, -0.15) is 0 Å². The van der Waals surface area contributed by atoms with E-state index >= 15 is 0 Å². The van der Waals surface area contributed by atoms with E-state index in [0.29, 0.717) is 6.42 Å². The second kappa shape index (κ2) is 4.45. The average molecular weight is 146 g/mol. The summed E-state index contributed by atoms with van der Waals surface area (Å²) in [6.45, 7) is 0. The molecule has 0 unspecified atom stereocenters. The van der Waals surface area contributed by atoms with Crippen molar-refractivity contribution in [2.24, 2.45) is 0 Å². The Morgan fingerprint density at radius 3 is 2.36 bits per heavy atom. The van der Waals surface area contributed by atoms with E-state index in [4.69, 9.17) is 0 Å². The highest BCUT2D eigenvalue weighted by atomic mass is 16.1. The molecule has 0 aromatic heterocycles. The van der Waals surface area contributed by atoms with Gasteiger partial charge < -0.3 is 0 Å². The molecule has 0 amide bonds. The molecule has 0 saturated heterocycles. The molecule has 0 aromatic rings. The third-order valence-corrected chi connectivity index (χ3v) is 1.29. The maximum absolute atomic E-state index is 10.9. The lowest BCUT2D eigenvalue weighted by atomic mass is 10.2. The van der Waals surface area contributed by atoms with E-state index in [1.807, 2.05) is 36.5 Å². The largest absolute Gasteiger partial charge is 0.295 e. The fourth-order valence-corrected chi connectivity index (χ4v) is 0.750. The second-order valence-electron chi connectivity index (χ2n) is 2.23. The summed E-state index contributed by atoms with van der Waals surface area (Å²) in [4.78, 5) is 10.9. The minimum atomic E-state index is 0.140. The third kappa shape index (κ3) is 3.36. The van der Waals surface area contributed by atoms with Gasteiger partial charge in [-0.15, -0.1) is 0 Å². The van der Waals surface area contributed by atoms with Gasteiger partial charge in [0.05, 0.1) is 0 Å². The van der Waals surface area contributed by atoms with Crippen LogP contribution in [0, 0.1) is 0 Å². The van der Waals surface area contributed by atoms with Gasteiger partial charge in [0.25, 0.3) is 0 Å². The van der Waals surface area contributed by atoms with Crippen LogP contribution in [-0.2, 0) is 4.79 Å². The lowest BCUT2D eigenvalue weighted by Gasteiger charge is -1.85. The number of rotatable bonds is 0. The van der Waals surface area contributed by atoms with Gasteiger partial charge in [0.1, 0.15) is 0 Å². The minimum Gasteiger partial charge on any atom is -0.295 e. The predicted molar refractivity (Wildman–Crippen MR) is 46.2 cm³/mol. The molecule has 0 radical (unpaired) electrons. The highest BCUT2D eigenvalue weighted by Gasteiger charge is 1.89. The summed E-state index contributed by atoms with van der Waals surface area (Å²) in [5.41, 5.74) is 0. The summed E-state index contributed by atoms with van der Waals surface area (Å²) >= 11 is 0. The number of allylic oxidation sites excluding steroid dienone is 8. The lowest BCUT2D eigenvalue weighted by molar-refractivity contribution is -0.113. The summed E-state index contributed by atoms with van der Waals surface area (Å²) in [6, 6.07) is 0. The van der Waals surface area contributed by atoms with E-state index < -0.39 is 0 Å². The van der Waals surface area contributed by atoms with Crippen molar-refractivity contribution in [3.63, 3.8) is 0 Å². The van der Waals surface area contributed by atoms with Crippen LogP contribution in [0.1, 0.15) is 6.42 Å². The maximum Gasteiger partial charge on any atom is 0.159 e. The summed E-state index contributed by atoms with van der Waals surface area (Å²) in [5.74, 6) is 0.140. The first-order valence-corrected chi connectivity index (χ1v) is 3.59. The second-order valence-corrected chi connectivity index (χ2v) is 2.23. The molecule has 1 aliphatic rings. The molecule has 56 valence electrons. The van der Waals surface area contributed by atoms with Gasteiger partial charge in [-0.25, -0.2) is 0 Å². The van der Waals surface area contributed by atoms with Crippen LogP contribution >= 0.6 is 0 Å². The molecular weight excluding hydrogens is 136 g/mol. The first kappa shape index (κ1) is 7.73. The van der Waals surface area contributed by atoms with Crippen molar-refractivity contribution in [2.75, 3.05) is 0 Å². The summed E-state index contributed by atoms with van der Waals surface area (Å²) in [5, 5.41) is 0. The van der Waals surface area contributed by atoms with Crippen molar-refractivity contribution in [3.8, 4) is 0 Å². The van der Waals surface area contributed by atoms with Crippen LogP contribution in [0.3, 0.4) is 0 Å². The van der Waals surface area contributed by atoms with Crippen LogP contribution in [0.15, 0.2) is 48.6 Å². The van der Waals surface area contributed by atoms with E-state index in [1.54, 1.807) is 12.2 Å². The van der Waals surface area contributed by atoms with Crippen molar-refractivity contribution in [1.29, 1.82) is 0 Å². The van der Waals surface area contributed by atoms with Crippen LogP contribution in [-0.4, -0.2) is 5.78 Å². The zero-order chi connectivity index (χ0) is 7.94. The molecule has 0 fully saturated rings. The Morgan fingerprint density at radius 2 is 1.55 bits per heavy atom. The molecule has 1 rings (SSSR count). The molecule has 0 saturated carbocycles. The maximum atomic E-state index is 10.9. The SMILES string of the molecule is O=C1\C=C/C=C\C=C/C=C\C1. The molecule has 0 aliphatic heterocycles.